The van der Waals surface area contributed by atoms with Crippen LogP contribution in [0.5, 0.6) is 0 Å². The Morgan fingerprint density at radius 3 is 2.71 bits per heavy atom. The maximum absolute atomic E-state index is 4.43. The number of nitrogens with one attached hydrogen (secondary N) is 2. The summed E-state index contributed by atoms with van der Waals surface area (Å²) in [5.41, 5.74) is 0. The molecule has 1 atom stereocenters. The van der Waals surface area contributed by atoms with Crippen LogP contribution in [0.1, 0.15) is 23.7 Å². The second kappa shape index (κ2) is 9.96. The highest BCUT2D eigenvalue weighted by molar-refractivity contribution is 7.11. The van der Waals surface area contributed by atoms with Gasteiger partial charge in [-0.15, -0.1) is 11.3 Å². The summed E-state index contributed by atoms with van der Waals surface area (Å²) in [5.74, 6) is 1.45. The Morgan fingerprint density at radius 2 is 2.08 bits per heavy atom. The molecule has 0 bridgehead atoms. The molecule has 2 N–H and O–H groups in total. The molecule has 136 valence electrons. The number of thiazole rings is 1. The summed E-state index contributed by atoms with van der Waals surface area (Å²) in [7, 11) is 4.02. The Hall–Kier alpha value is -1.18. The van der Waals surface area contributed by atoms with Crippen molar-refractivity contribution in [2.45, 2.75) is 26.8 Å². The molecular formula is C17H32N6S. The Morgan fingerprint density at radius 1 is 1.33 bits per heavy atom. The Labute approximate surface area is 150 Å². The van der Waals surface area contributed by atoms with E-state index in [-0.39, 0.29) is 0 Å². The molecule has 1 saturated heterocycles. The van der Waals surface area contributed by atoms with Gasteiger partial charge in [0.15, 0.2) is 5.96 Å². The van der Waals surface area contributed by atoms with E-state index in [0.29, 0.717) is 5.92 Å². The molecule has 1 fully saturated rings. The number of hydrogen-bond donors (Lipinski definition) is 2. The van der Waals surface area contributed by atoms with Gasteiger partial charge in [0.05, 0.1) is 6.54 Å². The number of likely N-dealkylation sites (N-methyl/N-ethyl adjacent to an activating group) is 1. The lowest BCUT2D eigenvalue weighted by atomic mass is 10.1. The fourth-order valence-electron chi connectivity index (χ4n) is 2.78. The minimum Gasteiger partial charge on any atom is -0.356 e. The van der Waals surface area contributed by atoms with Crippen LogP contribution < -0.4 is 10.6 Å². The summed E-state index contributed by atoms with van der Waals surface area (Å²) in [5, 5.41) is 7.90. The van der Waals surface area contributed by atoms with Crippen molar-refractivity contribution in [2.24, 2.45) is 10.9 Å². The summed E-state index contributed by atoms with van der Waals surface area (Å²) in [4.78, 5) is 15.0. The van der Waals surface area contributed by atoms with E-state index in [1.54, 1.807) is 11.3 Å². The van der Waals surface area contributed by atoms with Gasteiger partial charge in [0.1, 0.15) is 5.01 Å². The molecule has 2 rings (SSSR count). The first kappa shape index (κ1) is 19.1. The number of hydrogen-bond acceptors (Lipinski definition) is 5. The molecule has 0 radical (unpaired) electrons. The van der Waals surface area contributed by atoms with Crippen molar-refractivity contribution in [3.8, 4) is 0 Å². The predicted octanol–water partition coefficient (Wildman–Crippen LogP) is 1.25. The monoisotopic (exact) mass is 352 g/mol. The van der Waals surface area contributed by atoms with Gasteiger partial charge in [-0.05, 0) is 19.4 Å². The van der Waals surface area contributed by atoms with E-state index >= 15 is 0 Å². The summed E-state index contributed by atoms with van der Waals surface area (Å²) in [6.07, 6.45) is 3.02. The maximum Gasteiger partial charge on any atom is 0.191 e. The first-order valence-electron chi connectivity index (χ1n) is 8.89. The molecule has 1 aromatic rings. The van der Waals surface area contributed by atoms with E-state index in [0.717, 1.165) is 37.0 Å². The number of nitrogens with zero attached hydrogens (tertiary/aromatic N) is 4. The maximum atomic E-state index is 4.43. The Bertz CT molecular complexity index is 507. The van der Waals surface area contributed by atoms with E-state index < -0.39 is 0 Å². The van der Waals surface area contributed by atoms with Crippen LogP contribution in [0.25, 0.3) is 0 Å². The van der Waals surface area contributed by atoms with Crippen LogP contribution in [-0.4, -0.2) is 74.1 Å². The molecule has 0 aromatic carbocycles. The van der Waals surface area contributed by atoms with E-state index in [1.807, 2.05) is 13.2 Å². The largest absolute Gasteiger partial charge is 0.356 e. The first-order chi connectivity index (χ1) is 11.6. The minimum absolute atomic E-state index is 0.596. The van der Waals surface area contributed by atoms with Crippen molar-refractivity contribution in [1.29, 1.82) is 0 Å². The first-order valence-corrected chi connectivity index (χ1v) is 9.71. The lowest BCUT2D eigenvalue weighted by Crippen LogP contribution is -2.47. The highest BCUT2D eigenvalue weighted by Gasteiger charge is 2.16. The van der Waals surface area contributed by atoms with Gasteiger partial charge < -0.3 is 20.4 Å². The molecule has 1 aliphatic rings. The number of aromatic nitrogens is 1. The minimum atomic E-state index is 0.596. The van der Waals surface area contributed by atoms with Gasteiger partial charge >= 0.3 is 0 Å². The highest BCUT2D eigenvalue weighted by Crippen LogP contribution is 2.12. The molecule has 0 spiro atoms. The van der Waals surface area contributed by atoms with Gasteiger partial charge in [-0.25, -0.2) is 4.98 Å². The van der Waals surface area contributed by atoms with E-state index in [2.05, 4.69) is 51.3 Å². The van der Waals surface area contributed by atoms with Gasteiger partial charge in [-0.3, -0.25) is 4.99 Å². The Kier molecular flexibility index (Phi) is 7.94. The molecule has 24 heavy (non-hydrogen) atoms. The quantitative estimate of drug-likeness (QED) is 0.571. The second-order valence-electron chi connectivity index (χ2n) is 6.59. The van der Waals surface area contributed by atoms with Crippen LogP contribution in [0, 0.1) is 5.92 Å². The smallest absolute Gasteiger partial charge is 0.191 e. The van der Waals surface area contributed by atoms with Crippen LogP contribution in [0.15, 0.2) is 11.2 Å². The zero-order chi connectivity index (χ0) is 17.4. The molecule has 7 heteroatoms. The van der Waals surface area contributed by atoms with E-state index in [9.17, 15) is 0 Å². The van der Waals surface area contributed by atoms with Crippen molar-refractivity contribution in [1.82, 2.24) is 25.4 Å². The third-order valence-corrected chi connectivity index (χ3v) is 5.51. The summed E-state index contributed by atoms with van der Waals surface area (Å²) in [6, 6.07) is 0. The van der Waals surface area contributed by atoms with E-state index in [4.69, 9.17) is 0 Å². The fraction of sp³-hybridized carbons (Fsp3) is 0.765. The number of aliphatic imine (C=N–C) groups is 1. The van der Waals surface area contributed by atoms with E-state index in [1.165, 1.54) is 31.1 Å². The highest BCUT2D eigenvalue weighted by atomic mass is 32.1. The molecule has 0 saturated carbocycles. The number of rotatable bonds is 7. The van der Waals surface area contributed by atoms with Gasteiger partial charge in [0.25, 0.3) is 0 Å². The molecule has 1 aliphatic heterocycles. The van der Waals surface area contributed by atoms with Crippen molar-refractivity contribution in [3.05, 3.63) is 16.1 Å². The third-order valence-electron chi connectivity index (χ3n) is 4.36. The summed E-state index contributed by atoms with van der Waals surface area (Å²) in [6.45, 7) is 12.0. The SMILES string of the molecule is CCc1cnc(CNC(=NC)NCC(C)CN2CCN(C)CC2)s1. The van der Waals surface area contributed by atoms with Gasteiger partial charge in [0, 0.05) is 57.4 Å². The molecular weight excluding hydrogens is 320 g/mol. The van der Waals surface area contributed by atoms with Crippen molar-refractivity contribution in [3.63, 3.8) is 0 Å². The molecule has 1 aromatic heterocycles. The standard InChI is InChI=1S/C17H32N6S/c1-5-15-11-19-16(24-15)12-21-17(18-3)20-10-14(2)13-23-8-6-22(4)7-9-23/h11,14H,5-10,12-13H2,1-4H3,(H2,18,20,21). The van der Waals surface area contributed by atoms with Crippen molar-refractivity contribution < 1.29 is 0 Å². The summed E-state index contributed by atoms with van der Waals surface area (Å²) < 4.78 is 0. The lowest BCUT2D eigenvalue weighted by Gasteiger charge is -2.34. The topological polar surface area (TPSA) is 55.8 Å². The number of aryl methyl sites for hydroxylation is 1. The van der Waals surface area contributed by atoms with Crippen LogP contribution >= 0.6 is 11.3 Å². The fourth-order valence-corrected chi connectivity index (χ4v) is 3.58. The van der Waals surface area contributed by atoms with Gasteiger partial charge in [-0.2, -0.15) is 0 Å². The van der Waals surface area contributed by atoms with Crippen molar-refractivity contribution in [2.75, 3.05) is 53.4 Å². The zero-order valence-electron chi connectivity index (χ0n) is 15.5. The Balaban J connectivity index is 1.66. The number of guanidine groups is 1. The molecule has 0 amide bonds. The number of piperazine rings is 1. The van der Waals surface area contributed by atoms with Gasteiger partial charge in [-0.1, -0.05) is 13.8 Å². The van der Waals surface area contributed by atoms with Crippen molar-refractivity contribution >= 4 is 17.3 Å². The third kappa shape index (κ3) is 6.37. The normalized spacial score (nSPS) is 18.6. The van der Waals surface area contributed by atoms with Crippen LogP contribution in [0.2, 0.25) is 0 Å². The van der Waals surface area contributed by atoms with Crippen LogP contribution in [0.3, 0.4) is 0 Å². The van der Waals surface area contributed by atoms with Crippen LogP contribution in [0.4, 0.5) is 0 Å². The zero-order valence-corrected chi connectivity index (χ0v) is 16.3. The predicted molar refractivity (Wildman–Crippen MR) is 103 cm³/mol. The molecule has 2 heterocycles. The average Bonchev–Trinajstić information content (AvgIpc) is 3.05. The molecule has 0 aliphatic carbocycles. The molecule has 1 unspecified atom stereocenters. The summed E-state index contributed by atoms with van der Waals surface area (Å²) >= 11 is 1.77. The average molecular weight is 353 g/mol. The second-order valence-corrected chi connectivity index (χ2v) is 7.79. The molecule has 6 nitrogen and oxygen atoms in total. The lowest BCUT2D eigenvalue weighted by molar-refractivity contribution is 0.139. The van der Waals surface area contributed by atoms with Gasteiger partial charge in [0.2, 0.25) is 0 Å². The van der Waals surface area contributed by atoms with Crippen LogP contribution in [-0.2, 0) is 13.0 Å².